The zero-order valence-corrected chi connectivity index (χ0v) is 9.56. The molecule has 1 aromatic heterocycles. The summed E-state index contributed by atoms with van der Waals surface area (Å²) in [6, 6.07) is 2.45. The smallest absolute Gasteiger partial charge is 0.377 e. The molecular formula is C10H8F3NO2S. The number of ether oxygens (including phenoxy) is 1. The van der Waals surface area contributed by atoms with Crippen LogP contribution in [0.5, 0.6) is 0 Å². The molecule has 0 amide bonds. The van der Waals surface area contributed by atoms with Gasteiger partial charge in [-0.2, -0.15) is 18.4 Å². The number of methoxy groups -OCH3 is 1. The fourth-order valence-electron chi connectivity index (χ4n) is 1.28. The van der Waals surface area contributed by atoms with Crippen LogP contribution >= 0.6 is 11.3 Å². The van der Waals surface area contributed by atoms with Crippen LogP contribution in [0.15, 0.2) is 11.4 Å². The van der Waals surface area contributed by atoms with E-state index in [1.54, 1.807) is 6.07 Å². The number of ketones is 1. The third-order valence-corrected chi connectivity index (χ3v) is 2.98. The predicted octanol–water partition coefficient (Wildman–Crippen LogP) is 2.59. The summed E-state index contributed by atoms with van der Waals surface area (Å²) in [6.45, 7) is -0.382. The molecule has 0 saturated heterocycles. The van der Waals surface area contributed by atoms with Crippen molar-refractivity contribution in [1.82, 2.24) is 0 Å². The largest absolute Gasteiger partial charge is 0.417 e. The lowest BCUT2D eigenvalue weighted by atomic mass is 10.0. The van der Waals surface area contributed by atoms with E-state index in [0.29, 0.717) is 0 Å². The van der Waals surface area contributed by atoms with Gasteiger partial charge in [-0.1, -0.05) is 0 Å². The molecule has 1 unspecified atom stereocenters. The molecule has 1 heterocycles. The van der Waals surface area contributed by atoms with Gasteiger partial charge in [0.1, 0.15) is 12.5 Å². The minimum Gasteiger partial charge on any atom is -0.377 e. The molecule has 7 heteroatoms. The van der Waals surface area contributed by atoms with Gasteiger partial charge >= 0.3 is 6.18 Å². The van der Waals surface area contributed by atoms with Crippen molar-refractivity contribution in [3.8, 4) is 6.07 Å². The van der Waals surface area contributed by atoms with Gasteiger partial charge < -0.3 is 4.74 Å². The molecule has 1 rings (SSSR count). The Morgan fingerprint density at radius 2 is 2.29 bits per heavy atom. The van der Waals surface area contributed by atoms with E-state index < -0.39 is 23.4 Å². The van der Waals surface area contributed by atoms with E-state index >= 15 is 0 Å². The predicted molar refractivity (Wildman–Crippen MR) is 54.6 cm³/mol. The molecule has 0 aliphatic rings. The van der Waals surface area contributed by atoms with E-state index in [-0.39, 0.29) is 11.5 Å². The van der Waals surface area contributed by atoms with Gasteiger partial charge in [-0.15, -0.1) is 11.3 Å². The zero-order chi connectivity index (χ0) is 13.1. The van der Waals surface area contributed by atoms with Crippen LogP contribution in [-0.2, 0) is 15.7 Å². The number of rotatable bonds is 4. The average Bonchev–Trinajstić information content (AvgIpc) is 2.67. The van der Waals surface area contributed by atoms with Gasteiger partial charge in [0.25, 0.3) is 0 Å². The van der Waals surface area contributed by atoms with Crippen molar-refractivity contribution in [2.24, 2.45) is 0 Å². The van der Waals surface area contributed by atoms with Crippen LogP contribution in [-0.4, -0.2) is 19.5 Å². The number of thiophene rings is 1. The first kappa shape index (κ1) is 13.7. The molecule has 3 nitrogen and oxygen atoms in total. The normalized spacial score (nSPS) is 13.1. The Balaban J connectivity index is 3.11. The Morgan fingerprint density at radius 1 is 1.65 bits per heavy atom. The van der Waals surface area contributed by atoms with Crippen LogP contribution in [0.3, 0.4) is 0 Å². The maximum atomic E-state index is 12.6. The van der Waals surface area contributed by atoms with Gasteiger partial charge in [0, 0.05) is 12.0 Å². The van der Waals surface area contributed by atoms with Crippen LogP contribution in [0.2, 0.25) is 0 Å². The molecule has 0 radical (unpaired) electrons. The van der Waals surface area contributed by atoms with Gasteiger partial charge in [0.05, 0.1) is 11.6 Å². The monoisotopic (exact) mass is 263 g/mol. The van der Waals surface area contributed by atoms with Crippen LogP contribution in [0.4, 0.5) is 13.2 Å². The van der Waals surface area contributed by atoms with E-state index in [2.05, 4.69) is 4.74 Å². The summed E-state index contributed by atoms with van der Waals surface area (Å²) < 4.78 is 42.3. The van der Waals surface area contributed by atoms with Crippen molar-refractivity contribution < 1.29 is 22.7 Å². The summed E-state index contributed by atoms with van der Waals surface area (Å²) in [4.78, 5) is 11.2. The molecule has 0 aliphatic carbocycles. The highest BCUT2D eigenvalue weighted by Crippen LogP contribution is 2.38. The number of nitriles is 1. The Bertz CT molecular complexity index is 447. The molecule has 1 atom stereocenters. The molecule has 0 N–H and O–H groups in total. The molecule has 17 heavy (non-hydrogen) atoms. The first-order chi connectivity index (χ1) is 7.91. The van der Waals surface area contributed by atoms with Crippen LogP contribution in [0.25, 0.3) is 0 Å². The molecular weight excluding hydrogens is 255 g/mol. The standard InChI is InChI=1S/C10H8F3NO2S/c1-16-5-8(15)6(4-14)9-7(2-3-17-9)10(11,12)13/h2-3,6H,5H2,1H3. The molecule has 0 bridgehead atoms. The number of Topliss-reactive ketones (excluding diaryl/α,β-unsaturated/α-hetero) is 1. The second kappa shape index (κ2) is 5.29. The molecule has 92 valence electrons. The minimum absolute atomic E-state index is 0.276. The highest BCUT2D eigenvalue weighted by atomic mass is 32.1. The molecule has 0 saturated carbocycles. The Labute approximate surface area is 99.4 Å². The second-order valence-electron chi connectivity index (χ2n) is 3.16. The Morgan fingerprint density at radius 3 is 2.76 bits per heavy atom. The molecule has 1 aromatic rings. The number of carbonyl (C=O) groups is 1. The summed E-state index contributed by atoms with van der Waals surface area (Å²) in [7, 11) is 1.24. The summed E-state index contributed by atoms with van der Waals surface area (Å²) in [5.41, 5.74) is -0.932. The van der Waals surface area contributed by atoms with Crippen molar-refractivity contribution >= 4 is 17.1 Å². The first-order valence-corrected chi connectivity index (χ1v) is 5.35. The van der Waals surface area contributed by atoms with Crippen LogP contribution in [0, 0.1) is 11.3 Å². The maximum absolute atomic E-state index is 12.6. The Kier molecular flexibility index (Phi) is 4.26. The lowest BCUT2D eigenvalue weighted by Gasteiger charge is -2.11. The van der Waals surface area contributed by atoms with Crippen molar-refractivity contribution in [2.45, 2.75) is 12.1 Å². The summed E-state index contributed by atoms with van der Waals surface area (Å²) in [5.74, 6) is -2.10. The van der Waals surface area contributed by atoms with Crippen molar-refractivity contribution in [3.63, 3.8) is 0 Å². The van der Waals surface area contributed by atoms with Crippen LogP contribution in [0.1, 0.15) is 16.4 Å². The third kappa shape index (κ3) is 3.05. The quantitative estimate of drug-likeness (QED) is 0.839. The van der Waals surface area contributed by atoms with E-state index in [4.69, 9.17) is 5.26 Å². The maximum Gasteiger partial charge on any atom is 0.417 e. The topological polar surface area (TPSA) is 50.1 Å². The van der Waals surface area contributed by atoms with E-state index in [9.17, 15) is 18.0 Å². The number of hydrogen-bond acceptors (Lipinski definition) is 4. The Hall–Kier alpha value is -1.39. The molecule has 0 aromatic carbocycles. The van der Waals surface area contributed by atoms with E-state index in [0.717, 1.165) is 17.4 Å². The number of halogens is 3. The lowest BCUT2D eigenvalue weighted by Crippen LogP contribution is -2.18. The third-order valence-electron chi connectivity index (χ3n) is 2.00. The number of carbonyl (C=O) groups excluding carboxylic acids is 1. The molecule has 0 fully saturated rings. The number of hydrogen-bond donors (Lipinski definition) is 0. The minimum atomic E-state index is -4.56. The van der Waals surface area contributed by atoms with Gasteiger partial charge in [0.2, 0.25) is 0 Å². The van der Waals surface area contributed by atoms with Gasteiger partial charge in [-0.05, 0) is 11.4 Å². The molecule has 0 aliphatic heterocycles. The van der Waals surface area contributed by atoms with Gasteiger partial charge in [0.15, 0.2) is 5.78 Å². The SMILES string of the molecule is COCC(=O)C(C#N)c1sccc1C(F)(F)F. The number of nitrogens with zero attached hydrogens (tertiary/aromatic N) is 1. The van der Waals surface area contributed by atoms with Crippen molar-refractivity contribution in [1.29, 1.82) is 5.26 Å². The fourth-order valence-corrected chi connectivity index (χ4v) is 2.26. The zero-order valence-electron chi connectivity index (χ0n) is 8.75. The highest BCUT2D eigenvalue weighted by Gasteiger charge is 2.38. The lowest BCUT2D eigenvalue weighted by molar-refractivity contribution is -0.138. The summed E-state index contributed by atoms with van der Waals surface area (Å²) in [6.07, 6.45) is -4.56. The van der Waals surface area contributed by atoms with Gasteiger partial charge in [-0.25, -0.2) is 0 Å². The average molecular weight is 263 g/mol. The van der Waals surface area contributed by atoms with Crippen molar-refractivity contribution in [2.75, 3.05) is 13.7 Å². The fraction of sp³-hybridized carbons (Fsp3) is 0.400. The van der Waals surface area contributed by atoms with Crippen molar-refractivity contribution in [3.05, 3.63) is 21.9 Å². The first-order valence-electron chi connectivity index (χ1n) is 4.47. The van der Waals surface area contributed by atoms with E-state index in [1.807, 2.05) is 0 Å². The van der Waals surface area contributed by atoms with E-state index in [1.165, 1.54) is 12.5 Å². The molecule has 0 spiro atoms. The van der Waals surface area contributed by atoms with Gasteiger partial charge in [-0.3, -0.25) is 4.79 Å². The number of alkyl halides is 3. The van der Waals surface area contributed by atoms with Crippen LogP contribution < -0.4 is 0 Å². The second-order valence-corrected chi connectivity index (χ2v) is 4.11. The summed E-state index contributed by atoms with van der Waals surface area (Å²) in [5, 5.41) is 10.0. The highest BCUT2D eigenvalue weighted by molar-refractivity contribution is 7.10. The summed E-state index contributed by atoms with van der Waals surface area (Å²) >= 11 is 0.744.